The molecule has 3 rings (SSSR count). The summed E-state index contributed by atoms with van der Waals surface area (Å²) in [6.45, 7) is 4.20. The summed E-state index contributed by atoms with van der Waals surface area (Å²) in [5.41, 5.74) is 2.61. The van der Waals surface area contributed by atoms with Gasteiger partial charge in [0.15, 0.2) is 11.5 Å². The molecule has 1 amide bonds. The lowest BCUT2D eigenvalue weighted by Crippen LogP contribution is -2.35. The largest absolute Gasteiger partial charge is 0.493 e. The van der Waals surface area contributed by atoms with Crippen LogP contribution >= 0.6 is 27.3 Å². The molecule has 1 N–H and O–H groups in total. The summed E-state index contributed by atoms with van der Waals surface area (Å²) in [4.78, 5) is 30.3. The lowest BCUT2D eigenvalue weighted by molar-refractivity contribution is 0.101. The first-order valence-electron chi connectivity index (χ1n) is 8.24. The number of carbonyl (C=O) groups is 1. The molecule has 0 saturated carbocycles. The van der Waals surface area contributed by atoms with Gasteiger partial charge in [0.05, 0.1) is 23.6 Å². The van der Waals surface area contributed by atoms with Crippen LogP contribution in [-0.2, 0) is 0 Å². The van der Waals surface area contributed by atoms with E-state index in [1.165, 1.54) is 18.4 Å². The van der Waals surface area contributed by atoms with Crippen molar-refractivity contribution in [2.45, 2.75) is 20.3 Å². The van der Waals surface area contributed by atoms with Gasteiger partial charge in [-0.3, -0.25) is 15.0 Å². The van der Waals surface area contributed by atoms with Crippen molar-refractivity contribution in [1.29, 1.82) is 0 Å². The second kappa shape index (κ2) is 8.10. The van der Waals surface area contributed by atoms with Crippen molar-refractivity contribution in [3.05, 3.63) is 49.8 Å². The number of aryl methyl sites for hydroxylation is 1. The number of hydrogen-bond donors (Lipinski definition) is 1. The number of ether oxygens (including phenoxy) is 2. The maximum Gasteiger partial charge on any atom is 0.281 e. The number of fused-ring (bicyclic) bond motifs is 1. The molecule has 0 saturated heterocycles. The molecule has 1 aromatic carbocycles. The lowest BCUT2D eigenvalue weighted by Gasteiger charge is -2.15. The third kappa shape index (κ3) is 3.84. The van der Waals surface area contributed by atoms with Crippen LogP contribution in [0.25, 0.3) is 10.2 Å². The molecule has 142 valence electrons. The number of rotatable bonds is 6. The smallest absolute Gasteiger partial charge is 0.281 e. The van der Waals surface area contributed by atoms with E-state index in [1.54, 1.807) is 30.5 Å². The Hall–Kier alpha value is -2.39. The van der Waals surface area contributed by atoms with Crippen LogP contribution < -0.4 is 20.5 Å². The minimum absolute atomic E-state index is 0.318. The Morgan fingerprint density at radius 3 is 2.89 bits per heavy atom. The van der Waals surface area contributed by atoms with E-state index in [0.717, 1.165) is 11.1 Å². The summed E-state index contributed by atoms with van der Waals surface area (Å²) in [7, 11) is 1.51. The fourth-order valence-electron chi connectivity index (χ4n) is 2.51. The van der Waals surface area contributed by atoms with Crippen molar-refractivity contribution in [3.63, 3.8) is 0 Å². The molecule has 0 aliphatic rings. The molecular weight excluding hydrogens is 434 g/mol. The van der Waals surface area contributed by atoms with Gasteiger partial charge in [0.2, 0.25) is 0 Å². The maximum atomic E-state index is 12.7. The van der Waals surface area contributed by atoms with Crippen LogP contribution in [0.2, 0.25) is 0 Å². The van der Waals surface area contributed by atoms with Gasteiger partial charge in [-0.05, 0) is 52.9 Å². The fraction of sp³-hybridized carbons (Fsp3) is 0.278. The number of thiophene rings is 1. The Morgan fingerprint density at radius 1 is 1.41 bits per heavy atom. The zero-order valence-electron chi connectivity index (χ0n) is 15.0. The van der Waals surface area contributed by atoms with E-state index < -0.39 is 5.91 Å². The average molecular weight is 452 g/mol. The highest BCUT2D eigenvalue weighted by atomic mass is 79.9. The first kappa shape index (κ1) is 19.4. The van der Waals surface area contributed by atoms with Gasteiger partial charge in [0.1, 0.15) is 10.7 Å². The van der Waals surface area contributed by atoms with Gasteiger partial charge in [-0.15, -0.1) is 11.3 Å². The molecule has 3 aromatic rings. The highest BCUT2D eigenvalue weighted by Gasteiger charge is 2.17. The third-order valence-corrected chi connectivity index (χ3v) is 5.22. The number of halogens is 1. The molecule has 2 aromatic heterocycles. The second-order valence-corrected chi connectivity index (χ2v) is 7.47. The maximum absolute atomic E-state index is 12.7. The van der Waals surface area contributed by atoms with E-state index in [4.69, 9.17) is 9.47 Å². The van der Waals surface area contributed by atoms with Crippen LogP contribution in [0.3, 0.4) is 0 Å². The van der Waals surface area contributed by atoms with Gasteiger partial charge in [-0.25, -0.2) is 9.66 Å². The Balaban J connectivity index is 1.95. The number of nitrogens with one attached hydrogen (secondary N) is 1. The molecule has 0 fully saturated rings. The number of methoxy groups -OCH3 is 1. The van der Waals surface area contributed by atoms with E-state index in [2.05, 4.69) is 26.3 Å². The number of nitrogens with zero attached hydrogens (tertiary/aromatic N) is 2. The topological polar surface area (TPSA) is 82.5 Å². The zero-order valence-corrected chi connectivity index (χ0v) is 17.4. The molecule has 0 bridgehead atoms. The normalized spacial score (nSPS) is 10.8. The Morgan fingerprint density at radius 2 is 2.19 bits per heavy atom. The van der Waals surface area contributed by atoms with E-state index in [1.807, 2.05) is 6.92 Å². The zero-order chi connectivity index (χ0) is 19.6. The van der Waals surface area contributed by atoms with Crippen molar-refractivity contribution in [2.75, 3.05) is 19.1 Å². The van der Waals surface area contributed by atoms with E-state index in [9.17, 15) is 9.59 Å². The molecule has 0 atom stereocenters. The Labute approximate surface area is 168 Å². The van der Waals surface area contributed by atoms with Gasteiger partial charge < -0.3 is 9.47 Å². The molecule has 0 aliphatic heterocycles. The number of benzene rings is 1. The van der Waals surface area contributed by atoms with E-state index >= 15 is 0 Å². The highest BCUT2D eigenvalue weighted by Crippen LogP contribution is 2.36. The highest BCUT2D eigenvalue weighted by molar-refractivity contribution is 9.10. The first-order valence-corrected chi connectivity index (χ1v) is 9.92. The SMILES string of the molecule is CCCOc1c(Br)cc(C(=O)Nn2c(C)nc3sccc3c2=O)cc1OC. The molecule has 9 heteroatoms. The summed E-state index contributed by atoms with van der Waals surface area (Å²) < 4.78 is 12.8. The minimum atomic E-state index is -0.461. The standard InChI is InChI=1S/C18H18BrN3O4S/c1-4-6-26-15-13(19)8-11(9-14(15)25-3)16(23)21-22-10(2)20-17-12(18(22)24)5-7-27-17/h5,7-9H,4,6H2,1-3H3,(H,21,23). The predicted octanol–water partition coefficient (Wildman–Crippen LogP) is 3.71. The monoisotopic (exact) mass is 451 g/mol. The molecule has 27 heavy (non-hydrogen) atoms. The van der Waals surface area contributed by atoms with Gasteiger partial charge in [-0.2, -0.15) is 0 Å². The molecule has 0 unspecified atom stereocenters. The lowest BCUT2D eigenvalue weighted by atomic mass is 10.2. The van der Waals surface area contributed by atoms with Crippen LogP contribution in [-0.4, -0.2) is 29.3 Å². The van der Waals surface area contributed by atoms with Crippen LogP contribution in [0.4, 0.5) is 0 Å². The number of amides is 1. The van der Waals surface area contributed by atoms with Gasteiger partial charge in [0, 0.05) is 5.56 Å². The molecule has 0 spiro atoms. The van der Waals surface area contributed by atoms with Crippen LogP contribution in [0.15, 0.2) is 32.8 Å². The molecule has 0 aliphatic carbocycles. The summed E-state index contributed by atoms with van der Waals surface area (Å²) in [5.74, 6) is 0.902. The summed E-state index contributed by atoms with van der Waals surface area (Å²) in [6, 6.07) is 4.89. The van der Waals surface area contributed by atoms with Crippen LogP contribution in [0.5, 0.6) is 11.5 Å². The fourth-order valence-corrected chi connectivity index (χ4v) is 3.86. The van der Waals surface area contributed by atoms with Crippen molar-refractivity contribution < 1.29 is 14.3 Å². The van der Waals surface area contributed by atoms with Crippen LogP contribution in [0, 0.1) is 6.92 Å². The van der Waals surface area contributed by atoms with Crippen molar-refractivity contribution in [3.8, 4) is 11.5 Å². The van der Waals surface area contributed by atoms with Gasteiger partial charge in [-0.1, -0.05) is 6.92 Å². The first-order chi connectivity index (χ1) is 13.0. The van der Waals surface area contributed by atoms with Gasteiger partial charge in [0.25, 0.3) is 11.5 Å². The van der Waals surface area contributed by atoms with Crippen molar-refractivity contribution >= 4 is 43.4 Å². The second-order valence-electron chi connectivity index (χ2n) is 5.72. The Bertz CT molecular complexity index is 1060. The summed E-state index contributed by atoms with van der Waals surface area (Å²) >= 11 is 4.80. The van der Waals surface area contributed by atoms with Crippen molar-refractivity contribution in [1.82, 2.24) is 9.66 Å². The molecular formula is C18H18BrN3O4S. The average Bonchev–Trinajstić information content (AvgIpc) is 3.11. The molecule has 0 radical (unpaired) electrons. The minimum Gasteiger partial charge on any atom is -0.493 e. The van der Waals surface area contributed by atoms with Crippen molar-refractivity contribution in [2.24, 2.45) is 0 Å². The molecule has 7 nitrogen and oxygen atoms in total. The number of carbonyl (C=O) groups excluding carboxylic acids is 1. The summed E-state index contributed by atoms with van der Waals surface area (Å²) in [6.07, 6.45) is 0.845. The molecule has 2 heterocycles. The van der Waals surface area contributed by atoms with E-state index in [0.29, 0.717) is 44.2 Å². The van der Waals surface area contributed by atoms with Crippen LogP contribution in [0.1, 0.15) is 29.5 Å². The number of aromatic nitrogens is 2. The third-order valence-electron chi connectivity index (χ3n) is 3.82. The Kier molecular flexibility index (Phi) is 5.81. The predicted molar refractivity (Wildman–Crippen MR) is 109 cm³/mol. The summed E-state index contributed by atoms with van der Waals surface area (Å²) in [5, 5.41) is 2.26. The van der Waals surface area contributed by atoms with Gasteiger partial charge >= 0.3 is 0 Å². The number of hydrogen-bond acceptors (Lipinski definition) is 6. The quantitative estimate of drug-likeness (QED) is 0.617. The van der Waals surface area contributed by atoms with E-state index in [-0.39, 0.29) is 5.56 Å².